The average molecular weight is 627 g/mol. The van der Waals surface area contributed by atoms with Crippen LogP contribution in [0.4, 0.5) is 0 Å². The molecule has 1 aliphatic carbocycles. The number of imidazole rings is 1. The topological polar surface area (TPSA) is 17.8 Å². The Balaban J connectivity index is 1.41. The molecule has 6 aromatic carbocycles. The van der Waals surface area contributed by atoms with Gasteiger partial charge in [-0.1, -0.05) is 146 Å². The summed E-state index contributed by atoms with van der Waals surface area (Å²) in [6.45, 7) is 6.41. The van der Waals surface area contributed by atoms with Crippen molar-refractivity contribution in [1.29, 1.82) is 0 Å². The Morgan fingerprint density at radius 2 is 1.27 bits per heavy atom. The average Bonchev–Trinajstić information content (AvgIpc) is 3.53. The summed E-state index contributed by atoms with van der Waals surface area (Å²) < 4.78 is 2.16. The van der Waals surface area contributed by atoms with Crippen molar-refractivity contribution < 1.29 is 0 Å². The first kappa shape index (κ1) is 29.9. The molecule has 0 saturated heterocycles. The summed E-state index contributed by atoms with van der Waals surface area (Å²) in [4.78, 5) is 4.92. The molecule has 1 aliphatic rings. The standard InChI is InChI=1S/C47H34N2/c1-4-15-44-43(5-2)48-47(36-20-13-8-14-21-36)49(44)38-26-23-35(24-27-38)46-41-30-32(3)22-28-39(41)45(34-18-11-7-12-19-34)40-29-25-37(31-42(40)46)33-16-9-6-10-17-33/h2,4,6-21,23-31H,3,22H2,1H3/b15-4-. The van der Waals surface area contributed by atoms with Crippen LogP contribution in [0, 0.1) is 12.3 Å². The largest absolute Gasteiger partial charge is 0.292 e. The van der Waals surface area contributed by atoms with E-state index in [2.05, 4.69) is 144 Å². The Morgan fingerprint density at radius 1 is 0.673 bits per heavy atom. The van der Waals surface area contributed by atoms with Crippen LogP contribution in [-0.2, 0) is 0 Å². The Kier molecular flexibility index (Phi) is 7.72. The predicted octanol–water partition coefficient (Wildman–Crippen LogP) is 10.2. The summed E-state index contributed by atoms with van der Waals surface area (Å²) in [7, 11) is 0. The van der Waals surface area contributed by atoms with Crippen LogP contribution in [0.25, 0.3) is 79.5 Å². The van der Waals surface area contributed by atoms with E-state index in [1.807, 2.05) is 37.3 Å². The van der Waals surface area contributed by atoms with Crippen LogP contribution < -0.4 is 10.4 Å². The predicted molar refractivity (Wildman–Crippen MR) is 207 cm³/mol. The van der Waals surface area contributed by atoms with Crippen molar-refractivity contribution in [1.82, 2.24) is 9.55 Å². The summed E-state index contributed by atoms with van der Waals surface area (Å²) in [6, 6.07) is 47.3. The number of hydrogen-bond acceptors (Lipinski definition) is 1. The number of benzene rings is 6. The fourth-order valence-electron chi connectivity index (χ4n) is 7.09. The molecule has 2 heteroatoms. The number of hydrogen-bond donors (Lipinski definition) is 0. The van der Waals surface area contributed by atoms with Gasteiger partial charge in [-0.15, -0.1) is 6.42 Å². The molecule has 1 heterocycles. The molecular formula is C47H34N2. The molecule has 0 fully saturated rings. The first-order valence-corrected chi connectivity index (χ1v) is 16.6. The van der Waals surface area contributed by atoms with Gasteiger partial charge in [0.1, 0.15) is 11.5 Å². The Bertz CT molecular complexity index is 2560. The molecule has 7 aromatic rings. The first-order valence-electron chi connectivity index (χ1n) is 16.6. The lowest BCUT2D eigenvalue weighted by atomic mass is 9.84. The highest BCUT2D eigenvalue weighted by molar-refractivity contribution is 6.07. The minimum absolute atomic E-state index is 0.620. The van der Waals surface area contributed by atoms with Crippen LogP contribution in [0.15, 0.2) is 152 Å². The maximum absolute atomic E-state index is 5.98. The van der Waals surface area contributed by atoms with Crippen molar-refractivity contribution in [2.45, 2.75) is 13.3 Å². The van der Waals surface area contributed by atoms with E-state index in [1.54, 1.807) is 0 Å². The van der Waals surface area contributed by atoms with Crippen LogP contribution in [0.5, 0.6) is 0 Å². The van der Waals surface area contributed by atoms with Gasteiger partial charge in [0.25, 0.3) is 0 Å². The Hall–Kier alpha value is -6.43. The second-order valence-electron chi connectivity index (χ2n) is 12.3. The third-order valence-corrected chi connectivity index (χ3v) is 9.29. The highest BCUT2D eigenvalue weighted by Gasteiger charge is 2.20. The van der Waals surface area contributed by atoms with Crippen molar-refractivity contribution in [3.05, 3.63) is 174 Å². The second kappa shape index (κ2) is 12.6. The summed E-state index contributed by atoms with van der Waals surface area (Å²) in [5.74, 6) is 3.63. The lowest BCUT2D eigenvalue weighted by molar-refractivity contribution is 1.05. The van der Waals surface area contributed by atoms with Gasteiger partial charge in [-0.3, -0.25) is 4.57 Å². The van der Waals surface area contributed by atoms with Gasteiger partial charge < -0.3 is 0 Å². The van der Waals surface area contributed by atoms with E-state index >= 15 is 0 Å². The number of allylic oxidation sites excluding steroid dienone is 2. The molecule has 0 saturated carbocycles. The van der Waals surface area contributed by atoms with Crippen molar-refractivity contribution in [3.8, 4) is 62.8 Å². The molecule has 0 amide bonds. The highest BCUT2D eigenvalue weighted by atomic mass is 15.1. The lowest BCUT2D eigenvalue weighted by Crippen LogP contribution is -2.32. The van der Waals surface area contributed by atoms with Gasteiger partial charge in [0.15, 0.2) is 0 Å². The number of rotatable bonds is 6. The number of terminal acetylenes is 1. The minimum Gasteiger partial charge on any atom is -0.292 e. The van der Waals surface area contributed by atoms with Crippen LogP contribution in [0.3, 0.4) is 0 Å². The van der Waals surface area contributed by atoms with Gasteiger partial charge in [0, 0.05) is 11.3 Å². The zero-order valence-corrected chi connectivity index (χ0v) is 27.4. The summed E-state index contributed by atoms with van der Waals surface area (Å²) >= 11 is 0. The maximum Gasteiger partial charge on any atom is 0.146 e. The third-order valence-electron chi connectivity index (χ3n) is 9.29. The van der Waals surface area contributed by atoms with Gasteiger partial charge in [0.05, 0.1) is 5.69 Å². The van der Waals surface area contributed by atoms with Crippen molar-refractivity contribution in [3.63, 3.8) is 0 Å². The monoisotopic (exact) mass is 626 g/mol. The molecule has 0 radical (unpaired) electrons. The molecule has 0 atom stereocenters. The third kappa shape index (κ3) is 5.32. The lowest BCUT2D eigenvalue weighted by Gasteiger charge is -2.19. The summed E-state index contributed by atoms with van der Waals surface area (Å²) in [6.07, 6.45) is 15.5. The second-order valence-corrected chi connectivity index (χ2v) is 12.3. The molecule has 0 aliphatic heterocycles. The van der Waals surface area contributed by atoms with E-state index in [9.17, 15) is 0 Å². The summed E-state index contributed by atoms with van der Waals surface area (Å²) in [5, 5.41) is 4.91. The van der Waals surface area contributed by atoms with Gasteiger partial charge in [-0.2, -0.15) is 0 Å². The Morgan fingerprint density at radius 3 is 1.92 bits per heavy atom. The minimum atomic E-state index is 0.620. The fourth-order valence-corrected chi connectivity index (χ4v) is 7.09. The SMILES string of the molecule is C#Cc1nc(-c2ccccc2)n(-c2ccc(-c3c4c(c(-c5ccccc5)c5ccc(-c6ccccc6)cc35)=CCC(=C)C=4)cc2)c1/C=C\C. The van der Waals surface area contributed by atoms with Crippen molar-refractivity contribution >= 4 is 29.0 Å². The summed E-state index contributed by atoms with van der Waals surface area (Å²) in [5.41, 5.74) is 11.8. The van der Waals surface area contributed by atoms with E-state index in [1.165, 1.54) is 49.0 Å². The van der Waals surface area contributed by atoms with Crippen LogP contribution in [-0.4, -0.2) is 9.55 Å². The maximum atomic E-state index is 5.98. The van der Waals surface area contributed by atoms with E-state index < -0.39 is 0 Å². The molecule has 1 aromatic heterocycles. The molecule has 0 unspecified atom stereocenters. The van der Waals surface area contributed by atoms with Crippen LogP contribution in [0.1, 0.15) is 24.7 Å². The molecule has 8 rings (SSSR count). The molecule has 0 N–H and O–H groups in total. The van der Waals surface area contributed by atoms with Gasteiger partial charge in [-0.05, 0) is 98.1 Å². The normalized spacial score (nSPS) is 12.4. The van der Waals surface area contributed by atoms with E-state index in [0.717, 1.165) is 40.3 Å². The first-order chi connectivity index (χ1) is 24.1. The number of fused-ring (bicyclic) bond motifs is 2. The quantitative estimate of drug-likeness (QED) is 0.168. The van der Waals surface area contributed by atoms with E-state index in [4.69, 9.17) is 11.4 Å². The molecule has 2 nitrogen and oxygen atoms in total. The van der Waals surface area contributed by atoms with Crippen molar-refractivity contribution in [2.24, 2.45) is 0 Å². The highest BCUT2D eigenvalue weighted by Crippen LogP contribution is 2.36. The van der Waals surface area contributed by atoms with E-state index in [0.29, 0.717) is 5.69 Å². The zero-order chi connectivity index (χ0) is 33.3. The molecular weight excluding hydrogens is 593 g/mol. The van der Waals surface area contributed by atoms with E-state index in [-0.39, 0.29) is 0 Å². The zero-order valence-electron chi connectivity index (χ0n) is 27.4. The molecule has 0 bridgehead atoms. The van der Waals surface area contributed by atoms with Gasteiger partial charge >= 0.3 is 0 Å². The van der Waals surface area contributed by atoms with Crippen LogP contribution in [0.2, 0.25) is 0 Å². The van der Waals surface area contributed by atoms with Gasteiger partial charge in [0.2, 0.25) is 0 Å². The molecule has 232 valence electrons. The smallest absolute Gasteiger partial charge is 0.146 e. The molecule has 49 heavy (non-hydrogen) atoms. The molecule has 0 spiro atoms. The Labute approximate surface area is 287 Å². The van der Waals surface area contributed by atoms with Gasteiger partial charge in [-0.25, -0.2) is 4.98 Å². The number of aromatic nitrogens is 2. The number of nitrogens with zero attached hydrogens (tertiary/aromatic N) is 2. The van der Waals surface area contributed by atoms with Crippen LogP contribution >= 0.6 is 0 Å². The van der Waals surface area contributed by atoms with Crippen molar-refractivity contribution in [2.75, 3.05) is 0 Å². The fraction of sp³-hybridized carbons (Fsp3) is 0.0426.